The van der Waals surface area contributed by atoms with Crippen LogP contribution in [0.4, 0.5) is 0 Å². The zero-order chi connectivity index (χ0) is 18.8. The Hall–Kier alpha value is -1.25. The molecule has 0 N–H and O–H groups in total. The van der Waals surface area contributed by atoms with Crippen LogP contribution in [0.2, 0.25) is 0 Å². The van der Waals surface area contributed by atoms with Gasteiger partial charge in [-0.3, -0.25) is 14.2 Å². The Morgan fingerprint density at radius 1 is 1.22 bits per heavy atom. The molecule has 0 unspecified atom stereocenters. The molecule has 6 nitrogen and oxygen atoms in total. The lowest BCUT2D eigenvalue weighted by Crippen LogP contribution is -2.41. The maximum atomic E-state index is 12.8. The molecule has 4 rings (SSSR count). The Kier molecular flexibility index (Phi) is 5.94. The average Bonchev–Trinajstić information content (AvgIpc) is 3.29. The van der Waals surface area contributed by atoms with Gasteiger partial charge in [0.05, 0.1) is 5.52 Å². The molecule has 0 aliphatic carbocycles. The van der Waals surface area contributed by atoms with Crippen molar-refractivity contribution in [3.63, 3.8) is 0 Å². The number of rotatable bonds is 5. The van der Waals surface area contributed by atoms with E-state index in [0.29, 0.717) is 4.83 Å². The fourth-order valence-corrected chi connectivity index (χ4v) is 5.29. The summed E-state index contributed by atoms with van der Waals surface area (Å²) < 4.78 is 2.37. The number of nitrogens with zero attached hydrogens (tertiary/aromatic N) is 4. The van der Waals surface area contributed by atoms with Gasteiger partial charge in [-0.15, -0.1) is 0 Å². The van der Waals surface area contributed by atoms with Gasteiger partial charge >= 0.3 is 4.87 Å². The second kappa shape index (κ2) is 8.41. The van der Waals surface area contributed by atoms with E-state index in [0.717, 1.165) is 53.2 Å². The lowest BCUT2D eigenvalue weighted by Gasteiger charge is -2.32. The summed E-state index contributed by atoms with van der Waals surface area (Å²) in [6, 6.07) is 1.86. The number of thiazole rings is 1. The van der Waals surface area contributed by atoms with Crippen molar-refractivity contribution in [1.82, 2.24) is 19.4 Å². The van der Waals surface area contributed by atoms with Crippen molar-refractivity contribution >= 4 is 43.5 Å². The molecular weight excluding hydrogens is 428 g/mol. The predicted molar refractivity (Wildman–Crippen MR) is 111 cm³/mol. The average molecular weight is 453 g/mol. The summed E-state index contributed by atoms with van der Waals surface area (Å²) in [5.74, 6) is 0.759. The van der Waals surface area contributed by atoms with Crippen LogP contribution in [0.5, 0.6) is 0 Å². The smallest absolute Gasteiger partial charge is 0.310 e. The highest BCUT2D eigenvalue weighted by atomic mass is 79.9. The molecular formula is C19H25BrN4O2S. The third-order valence-corrected chi connectivity index (χ3v) is 7.14. The van der Waals surface area contributed by atoms with Crippen LogP contribution in [0.25, 0.3) is 10.3 Å². The summed E-state index contributed by atoms with van der Waals surface area (Å²) in [5.41, 5.74) is 0.730. The van der Waals surface area contributed by atoms with Crippen molar-refractivity contribution in [2.45, 2.75) is 38.6 Å². The van der Waals surface area contributed by atoms with Crippen LogP contribution < -0.4 is 4.87 Å². The number of carbonyl (C=O) groups excluding carboxylic acids is 1. The van der Waals surface area contributed by atoms with Crippen LogP contribution in [-0.2, 0) is 11.3 Å². The first kappa shape index (κ1) is 19.1. The van der Waals surface area contributed by atoms with Gasteiger partial charge in [0.1, 0.15) is 11.4 Å². The monoisotopic (exact) mass is 452 g/mol. The van der Waals surface area contributed by atoms with Gasteiger partial charge in [-0.05, 0) is 79.7 Å². The molecule has 146 valence electrons. The summed E-state index contributed by atoms with van der Waals surface area (Å²) in [7, 11) is 0. The molecule has 0 bridgehead atoms. The van der Waals surface area contributed by atoms with E-state index in [1.54, 1.807) is 10.8 Å². The number of aromatic nitrogens is 2. The highest BCUT2D eigenvalue weighted by Crippen LogP contribution is 2.23. The second-order valence-corrected chi connectivity index (χ2v) is 9.45. The number of carbonyl (C=O) groups is 1. The van der Waals surface area contributed by atoms with Gasteiger partial charge in [0.2, 0.25) is 5.91 Å². The van der Waals surface area contributed by atoms with Gasteiger partial charge in [-0.1, -0.05) is 11.3 Å². The summed E-state index contributed by atoms with van der Waals surface area (Å²) in [5, 5.41) is 0. The van der Waals surface area contributed by atoms with Crippen LogP contribution in [0, 0.1) is 5.92 Å². The van der Waals surface area contributed by atoms with Crippen molar-refractivity contribution in [3.8, 4) is 0 Å². The lowest BCUT2D eigenvalue weighted by atomic mass is 9.93. The van der Waals surface area contributed by atoms with E-state index in [4.69, 9.17) is 0 Å². The van der Waals surface area contributed by atoms with E-state index < -0.39 is 0 Å². The van der Waals surface area contributed by atoms with Gasteiger partial charge in [0.25, 0.3) is 0 Å². The van der Waals surface area contributed by atoms with E-state index in [1.807, 2.05) is 11.0 Å². The minimum absolute atomic E-state index is 0.0368. The summed E-state index contributed by atoms with van der Waals surface area (Å²) in [6.45, 7) is 5.44. The quantitative estimate of drug-likeness (QED) is 0.699. The molecule has 0 radical (unpaired) electrons. The molecule has 0 aromatic carbocycles. The summed E-state index contributed by atoms with van der Waals surface area (Å²) >= 11 is 4.49. The van der Waals surface area contributed by atoms with E-state index in [9.17, 15) is 9.59 Å². The van der Waals surface area contributed by atoms with Crippen LogP contribution in [-0.4, -0.2) is 58.0 Å². The standard InChI is InChI=1S/C19H25BrN4O2S/c20-15-11-16-18(21-12-15)27-19(26)24(16)13-17(25)23-9-4-14(5-10-23)3-8-22-6-1-2-7-22/h11-12,14H,1-10,13H2. The van der Waals surface area contributed by atoms with Crippen molar-refractivity contribution in [3.05, 3.63) is 26.4 Å². The van der Waals surface area contributed by atoms with Crippen LogP contribution in [0.15, 0.2) is 21.5 Å². The van der Waals surface area contributed by atoms with E-state index in [-0.39, 0.29) is 17.3 Å². The molecule has 8 heteroatoms. The topological polar surface area (TPSA) is 58.4 Å². The second-order valence-electron chi connectivity index (χ2n) is 7.59. The zero-order valence-corrected chi connectivity index (χ0v) is 17.8. The fourth-order valence-electron chi connectivity index (χ4n) is 4.15. The number of halogens is 1. The fraction of sp³-hybridized carbons (Fsp3) is 0.632. The first-order chi connectivity index (χ1) is 13.1. The molecule has 2 aliphatic rings. The number of hydrogen-bond donors (Lipinski definition) is 0. The van der Waals surface area contributed by atoms with Gasteiger partial charge in [-0.25, -0.2) is 4.98 Å². The number of pyridine rings is 1. The molecule has 27 heavy (non-hydrogen) atoms. The molecule has 2 fully saturated rings. The number of fused-ring (bicyclic) bond motifs is 1. The zero-order valence-electron chi connectivity index (χ0n) is 15.4. The van der Waals surface area contributed by atoms with Crippen LogP contribution in [0.1, 0.15) is 32.1 Å². The number of amides is 1. The molecule has 0 saturated carbocycles. The van der Waals surface area contributed by atoms with Crippen LogP contribution in [0.3, 0.4) is 0 Å². The summed E-state index contributed by atoms with van der Waals surface area (Å²) in [4.78, 5) is 34.3. The van der Waals surface area contributed by atoms with Crippen molar-refractivity contribution in [1.29, 1.82) is 0 Å². The highest BCUT2D eigenvalue weighted by molar-refractivity contribution is 9.10. The lowest BCUT2D eigenvalue weighted by molar-refractivity contribution is -0.133. The summed E-state index contributed by atoms with van der Waals surface area (Å²) in [6.07, 6.45) is 7.76. The van der Waals surface area contributed by atoms with Gasteiger partial charge in [0, 0.05) is 23.8 Å². The van der Waals surface area contributed by atoms with Crippen LogP contribution >= 0.6 is 27.3 Å². The van der Waals surface area contributed by atoms with Crippen molar-refractivity contribution in [2.75, 3.05) is 32.7 Å². The van der Waals surface area contributed by atoms with Gasteiger partial charge in [-0.2, -0.15) is 0 Å². The number of piperidine rings is 1. The maximum absolute atomic E-state index is 12.8. The Bertz CT molecular complexity index is 866. The maximum Gasteiger partial charge on any atom is 0.310 e. The SMILES string of the molecule is O=C(Cn1c(=O)sc2ncc(Br)cc21)N1CCC(CCN2CCCC2)CC1. The minimum atomic E-state index is -0.121. The Balaban J connectivity index is 1.33. The molecule has 2 aromatic rings. The molecule has 2 aromatic heterocycles. The minimum Gasteiger partial charge on any atom is -0.341 e. The largest absolute Gasteiger partial charge is 0.341 e. The molecule has 0 atom stereocenters. The normalized spacial score (nSPS) is 19.2. The molecule has 1 amide bonds. The van der Waals surface area contributed by atoms with Crippen molar-refractivity contribution < 1.29 is 4.79 Å². The Labute approximate surface area is 171 Å². The highest BCUT2D eigenvalue weighted by Gasteiger charge is 2.24. The van der Waals surface area contributed by atoms with Gasteiger partial charge < -0.3 is 9.80 Å². The molecule has 2 saturated heterocycles. The first-order valence-electron chi connectivity index (χ1n) is 9.75. The van der Waals surface area contributed by atoms with E-state index in [1.165, 1.54) is 38.9 Å². The first-order valence-corrected chi connectivity index (χ1v) is 11.4. The molecule has 2 aliphatic heterocycles. The van der Waals surface area contributed by atoms with Gasteiger partial charge in [0.15, 0.2) is 0 Å². The van der Waals surface area contributed by atoms with E-state index in [2.05, 4.69) is 25.8 Å². The Morgan fingerprint density at radius 2 is 1.96 bits per heavy atom. The third kappa shape index (κ3) is 4.43. The predicted octanol–water partition coefficient (Wildman–Crippen LogP) is 2.95. The number of likely N-dealkylation sites (tertiary alicyclic amines) is 2. The molecule has 0 spiro atoms. The van der Waals surface area contributed by atoms with E-state index >= 15 is 0 Å². The Morgan fingerprint density at radius 3 is 2.70 bits per heavy atom. The third-order valence-electron chi connectivity index (χ3n) is 5.81. The van der Waals surface area contributed by atoms with Crippen molar-refractivity contribution in [2.24, 2.45) is 5.92 Å². The number of hydrogen-bond acceptors (Lipinski definition) is 5. The molecule has 4 heterocycles.